The Labute approximate surface area is 227 Å². The van der Waals surface area contributed by atoms with Crippen LogP contribution in [0.4, 0.5) is 0 Å². The number of aromatic nitrogens is 2. The van der Waals surface area contributed by atoms with Gasteiger partial charge in [-0.3, -0.25) is 4.79 Å². The molecule has 0 spiro atoms. The Morgan fingerprint density at radius 2 is 1.61 bits per heavy atom. The predicted octanol–water partition coefficient (Wildman–Crippen LogP) is 8.51. The first-order valence-electron chi connectivity index (χ1n) is 13.5. The third kappa shape index (κ3) is 3.61. The van der Waals surface area contributed by atoms with Crippen molar-refractivity contribution in [3.63, 3.8) is 0 Å². The lowest BCUT2D eigenvalue weighted by molar-refractivity contribution is -0.0115. The van der Waals surface area contributed by atoms with Crippen LogP contribution in [0.2, 0.25) is 5.02 Å². The molecule has 0 bridgehead atoms. The van der Waals surface area contributed by atoms with Gasteiger partial charge in [-0.25, -0.2) is 9.97 Å². The summed E-state index contributed by atoms with van der Waals surface area (Å²) >= 11 is 6.03. The molecule has 190 valence electrons. The molecule has 0 N–H and O–H groups in total. The molecule has 1 saturated carbocycles. The second kappa shape index (κ2) is 8.51. The van der Waals surface area contributed by atoms with Gasteiger partial charge in [0.05, 0.1) is 22.1 Å². The highest BCUT2D eigenvalue weighted by atomic mass is 35.5. The Kier molecular flexibility index (Phi) is 5.28. The molecule has 2 aliphatic rings. The smallest absolute Gasteiger partial charge is 0.193 e. The molecule has 4 nitrogen and oxygen atoms in total. The third-order valence-corrected chi connectivity index (χ3v) is 8.95. The maximum Gasteiger partial charge on any atom is 0.193 e. The van der Waals surface area contributed by atoms with Gasteiger partial charge in [0.1, 0.15) is 11.4 Å². The number of carbonyl (C=O) groups excluding carboxylic acids is 1. The maximum atomic E-state index is 13.3. The number of hydrogen-bond donors (Lipinski definition) is 0. The fourth-order valence-corrected chi connectivity index (χ4v) is 6.93. The molecule has 1 fully saturated rings. The summed E-state index contributed by atoms with van der Waals surface area (Å²) in [5.74, 6) is 2.32. The minimum atomic E-state index is -0.253. The van der Waals surface area contributed by atoms with Crippen molar-refractivity contribution in [2.75, 3.05) is 0 Å². The summed E-state index contributed by atoms with van der Waals surface area (Å²) in [6.07, 6.45) is 3.49. The average molecular weight is 521 g/mol. The van der Waals surface area contributed by atoms with Crippen molar-refractivity contribution < 1.29 is 9.53 Å². The third-order valence-electron chi connectivity index (χ3n) is 8.70. The van der Waals surface area contributed by atoms with Crippen LogP contribution in [-0.2, 0) is 0 Å². The Hall–Kier alpha value is -3.50. The quantitative estimate of drug-likeness (QED) is 0.133. The second-order valence-corrected chi connectivity index (χ2v) is 12.0. The molecule has 5 heteroatoms. The van der Waals surface area contributed by atoms with Gasteiger partial charge in [0.2, 0.25) is 0 Å². The van der Waals surface area contributed by atoms with E-state index in [0.29, 0.717) is 33.9 Å². The van der Waals surface area contributed by atoms with Gasteiger partial charge in [0.15, 0.2) is 5.78 Å². The number of nitrogens with zero attached hydrogens (tertiary/aromatic N) is 2. The van der Waals surface area contributed by atoms with E-state index in [1.54, 1.807) is 24.3 Å². The van der Waals surface area contributed by atoms with Crippen LogP contribution >= 0.6 is 11.6 Å². The van der Waals surface area contributed by atoms with E-state index in [1.807, 2.05) is 24.3 Å². The monoisotopic (exact) mass is 520 g/mol. The SMILES string of the molecule is C[C@H]1CC[C@H]2[C@H](C1)c1c(c3ccccc3c3nc4ccc(C(=O)c5ccc(Cl)cc5)cc4nc13)OC2(C)C. The zero-order valence-electron chi connectivity index (χ0n) is 21.8. The molecule has 3 atom stereocenters. The summed E-state index contributed by atoms with van der Waals surface area (Å²) < 4.78 is 6.85. The van der Waals surface area contributed by atoms with E-state index in [2.05, 4.69) is 39.0 Å². The van der Waals surface area contributed by atoms with E-state index < -0.39 is 0 Å². The number of halogens is 1. The van der Waals surface area contributed by atoms with Crippen molar-refractivity contribution in [1.29, 1.82) is 0 Å². The van der Waals surface area contributed by atoms with Gasteiger partial charge in [-0.15, -0.1) is 0 Å². The minimum absolute atomic E-state index is 0.0581. The number of rotatable bonds is 2. The normalized spacial score (nSPS) is 22.2. The molecule has 7 rings (SSSR count). The minimum Gasteiger partial charge on any atom is -0.487 e. The van der Waals surface area contributed by atoms with Gasteiger partial charge < -0.3 is 4.74 Å². The van der Waals surface area contributed by atoms with Crippen LogP contribution in [-0.4, -0.2) is 21.4 Å². The van der Waals surface area contributed by atoms with Crippen LogP contribution in [0.25, 0.3) is 32.8 Å². The maximum absolute atomic E-state index is 13.3. The van der Waals surface area contributed by atoms with Crippen LogP contribution in [0.1, 0.15) is 67.4 Å². The lowest BCUT2D eigenvalue weighted by atomic mass is 9.64. The van der Waals surface area contributed by atoms with E-state index >= 15 is 0 Å². The van der Waals surface area contributed by atoms with E-state index in [-0.39, 0.29) is 11.4 Å². The largest absolute Gasteiger partial charge is 0.487 e. The highest BCUT2D eigenvalue weighted by Gasteiger charge is 2.47. The van der Waals surface area contributed by atoms with E-state index in [4.69, 9.17) is 26.3 Å². The first-order chi connectivity index (χ1) is 18.3. The van der Waals surface area contributed by atoms with Crippen LogP contribution in [0, 0.1) is 11.8 Å². The van der Waals surface area contributed by atoms with Crippen molar-refractivity contribution >= 4 is 50.2 Å². The van der Waals surface area contributed by atoms with Gasteiger partial charge in [-0.1, -0.05) is 49.2 Å². The Balaban J connectivity index is 1.49. The molecule has 0 saturated heterocycles. The summed E-state index contributed by atoms with van der Waals surface area (Å²) in [5, 5.41) is 2.76. The van der Waals surface area contributed by atoms with Crippen molar-refractivity contribution in [3.05, 3.63) is 88.4 Å². The van der Waals surface area contributed by atoms with Crippen molar-refractivity contribution in [2.24, 2.45) is 11.8 Å². The van der Waals surface area contributed by atoms with Crippen LogP contribution in [0.3, 0.4) is 0 Å². The van der Waals surface area contributed by atoms with Crippen LogP contribution in [0.15, 0.2) is 66.7 Å². The first kappa shape index (κ1) is 23.6. The summed E-state index contributed by atoms with van der Waals surface area (Å²) in [6.45, 7) is 6.84. The first-order valence-corrected chi connectivity index (χ1v) is 13.8. The number of carbonyl (C=O) groups is 1. The molecule has 1 aliphatic carbocycles. The molecule has 4 aromatic carbocycles. The average Bonchev–Trinajstić information content (AvgIpc) is 2.91. The predicted molar refractivity (Wildman–Crippen MR) is 153 cm³/mol. The van der Waals surface area contributed by atoms with Gasteiger partial charge in [-0.05, 0) is 81.0 Å². The summed E-state index contributed by atoms with van der Waals surface area (Å²) in [6, 6.07) is 21.0. The van der Waals surface area contributed by atoms with Crippen molar-refractivity contribution in [2.45, 2.75) is 51.6 Å². The lowest BCUT2D eigenvalue weighted by Crippen LogP contribution is -2.46. The van der Waals surface area contributed by atoms with E-state index in [9.17, 15) is 4.79 Å². The molecule has 0 radical (unpaired) electrons. The zero-order chi connectivity index (χ0) is 26.2. The lowest BCUT2D eigenvalue weighted by Gasteiger charge is -2.49. The molecular formula is C33H29ClN2O2. The summed E-state index contributed by atoms with van der Waals surface area (Å²) in [7, 11) is 0. The standard InChI is InChI=1S/C33H29ClN2O2/c1-18-8-14-25-24(16-18)28-30-29(22-6-4-5-7-23(22)32(28)38-33(25,2)3)35-26-15-11-20(17-27(26)36-30)31(37)19-9-12-21(34)13-10-19/h4-7,9-13,15,17-18,24-25H,8,14,16H2,1-3H3/t18-,24-,25-/m0/s1. The zero-order valence-corrected chi connectivity index (χ0v) is 22.5. The van der Waals surface area contributed by atoms with E-state index in [1.165, 1.54) is 12.0 Å². The highest BCUT2D eigenvalue weighted by molar-refractivity contribution is 6.30. The molecule has 0 amide bonds. The fourth-order valence-electron chi connectivity index (χ4n) is 6.80. The molecule has 0 unspecified atom stereocenters. The highest BCUT2D eigenvalue weighted by Crippen LogP contribution is 2.56. The number of ketones is 1. The topological polar surface area (TPSA) is 52.1 Å². The summed E-state index contributed by atoms with van der Waals surface area (Å²) in [5.41, 5.74) is 5.44. The number of fused-ring (bicyclic) bond motifs is 9. The molecule has 1 aromatic heterocycles. The number of ether oxygens (including phenoxy) is 1. The molecule has 38 heavy (non-hydrogen) atoms. The van der Waals surface area contributed by atoms with Gasteiger partial charge in [0, 0.05) is 38.4 Å². The Morgan fingerprint density at radius 1 is 0.895 bits per heavy atom. The van der Waals surface area contributed by atoms with Gasteiger partial charge in [0.25, 0.3) is 0 Å². The van der Waals surface area contributed by atoms with Crippen molar-refractivity contribution in [1.82, 2.24) is 9.97 Å². The van der Waals surface area contributed by atoms with Gasteiger partial charge in [-0.2, -0.15) is 0 Å². The van der Waals surface area contributed by atoms with Crippen LogP contribution < -0.4 is 4.74 Å². The molecule has 2 heterocycles. The van der Waals surface area contributed by atoms with E-state index in [0.717, 1.165) is 51.4 Å². The number of hydrogen-bond acceptors (Lipinski definition) is 4. The second-order valence-electron chi connectivity index (χ2n) is 11.6. The van der Waals surface area contributed by atoms with Gasteiger partial charge >= 0.3 is 0 Å². The molecule has 5 aromatic rings. The Morgan fingerprint density at radius 3 is 2.39 bits per heavy atom. The molecular weight excluding hydrogens is 492 g/mol. The molecule has 1 aliphatic heterocycles. The summed E-state index contributed by atoms with van der Waals surface area (Å²) in [4.78, 5) is 23.6. The Bertz CT molecular complexity index is 1760. The van der Waals surface area contributed by atoms with Crippen LogP contribution in [0.5, 0.6) is 5.75 Å². The number of benzene rings is 4. The van der Waals surface area contributed by atoms with Crippen molar-refractivity contribution in [3.8, 4) is 5.75 Å². The fraction of sp³-hybridized carbons (Fsp3) is 0.303.